The van der Waals surface area contributed by atoms with E-state index in [2.05, 4.69) is 5.32 Å². The minimum Gasteiger partial charge on any atom is -0.454 e. The molecule has 31 heavy (non-hydrogen) atoms. The third kappa shape index (κ3) is 4.71. The zero-order chi connectivity index (χ0) is 22.0. The van der Waals surface area contributed by atoms with E-state index in [1.54, 1.807) is 29.2 Å². The van der Waals surface area contributed by atoms with Crippen LogP contribution in [0.3, 0.4) is 0 Å². The van der Waals surface area contributed by atoms with E-state index in [1.807, 2.05) is 0 Å². The second kappa shape index (κ2) is 8.55. The van der Waals surface area contributed by atoms with E-state index < -0.39 is 23.3 Å². The van der Waals surface area contributed by atoms with Gasteiger partial charge in [0.05, 0.1) is 10.5 Å². The normalized spacial score (nSPS) is 15.6. The molecule has 1 saturated carbocycles. The molecule has 1 aliphatic heterocycles. The summed E-state index contributed by atoms with van der Waals surface area (Å²) in [6.45, 7) is 0.168. The minimum absolute atomic E-state index is 0.00346. The van der Waals surface area contributed by atoms with Gasteiger partial charge in [0.2, 0.25) is 5.91 Å². The Kier molecular flexibility index (Phi) is 5.66. The van der Waals surface area contributed by atoms with Crippen LogP contribution in [0, 0.1) is 10.1 Å². The van der Waals surface area contributed by atoms with Gasteiger partial charge in [-0.1, -0.05) is 0 Å². The molecule has 0 unspecified atom stereocenters. The SMILES string of the molecule is O=C(COC(=O)c1ccc(NC2CC2)c([N+](=O)[O-])c1)c1ccc(N2CCCC2=O)cc1. The fraction of sp³-hybridized carbons (Fsp3) is 0.318. The molecule has 2 aliphatic rings. The van der Waals surface area contributed by atoms with Crippen molar-refractivity contribution in [3.05, 3.63) is 63.7 Å². The number of nitrogens with one attached hydrogen (secondary N) is 1. The summed E-state index contributed by atoms with van der Waals surface area (Å²) in [6.07, 6.45) is 3.24. The van der Waals surface area contributed by atoms with E-state index in [9.17, 15) is 24.5 Å². The van der Waals surface area contributed by atoms with Crippen molar-refractivity contribution in [3.63, 3.8) is 0 Å². The predicted octanol–water partition coefficient (Wildman–Crippen LogP) is 3.34. The Morgan fingerprint density at radius 3 is 2.45 bits per heavy atom. The van der Waals surface area contributed by atoms with Crippen LogP contribution < -0.4 is 10.2 Å². The standard InChI is InChI=1S/C22H21N3O6/c26-20(14-3-8-17(9-4-14)24-11-1-2-21(24)27)13-31-22(28)15-5-10-18(23-16-6-7-16)19(12-15)25(29)30/h3-5,8-10,12,16,23H,1-2,6-7,11,13H2. The van der Waals surface area contributed by atoms with Crippen molar-refractivity contribution >= 4 is 34.7 Å². The van der Waals surface area contributed by atoms with Gasteiger partial charge in [-0.15, -0.1) is 0 Å². The molecular weight excluding hydrogens is 402 g/mol. The predicted molar refractivity (Wildman–Crippen MR) is 112 cm³/mol. The monoisotopic (exact) mass is 423 g/mol. The number of ketones is 1. The summed E-state index contributed by atoms with van der Waals surface area (Å²) in [5.74, 6) is -1.16. The molecule has 1 aliphatic carbocycles. The molecule has 0 atom stereocenters. The Morgan fingerprint density at radius 1 is 1.13 bits per heavy atom. The largest absolute Gasteiger partial charge is 0.454 e. The molecule has 1 saturated heterocycles. The maximum Gasteiger partial charge on any atom is 0.338 e. The van der Waals surface area contributed by atoms with Gasteiger partial charge in [-0.3, -0.25) is 19.7 Å². The first-order chi connectivity index (χ1) is 14.9. The highest BCUT2D eigenvalue weighted by Gasteiger charge is 2.26. The molecule has 1 heterocycles. The summed E-state index contributed by atoms with van der Waals surface area (Å²) in [4.78, 5) is 48.9. The maximum absolute atomic E-state index is 12.4. The highest BCUT2D eigenvalue weighted by atomic mass is 16.6. The average Bonchev–Trinajstić information content (AvgIpc) is 3.49. The smallest absolute Gasteiger partial charge is 0.338 e. The molecule has 0 spiro atoms. The van der Waals surface area contributed by atoms with Crippen molar-refractivity contribution in [2.45, 2.75) is 31.7 Å². The van der Waals surface area contributed by atoms with Crippen molar-refractivity contribution in [3.8, 4) is 0 Å². The minimum atomic E-state index is -0.811. The van der Waals surface area contributed by atoms with Crippen LogP contribution in [0.1, 0.15) is 46.4 Å². The lowest BCUT2D eigenvalue weighted by atomic mass is 10.1. The van der Waals surface area contributed by atoms with Crippen LogP contribution in [0.4, 0.5) is 17.1 Å². The first kappa shape index (κ1) is 20.5. The van der Waals surface area contributed by atoms with Gasteiger partial charge in [-0.2, -0.15) is 0 Å². The van der Waals surface area contributed by atoms with Crippen LogP contribution in [0.15, 0.2) is 42.5 Å². The fourth-order valence-corrected chi connectivity index (χ4v) is 3.43. The first-order valence-corrected chi connectivity index (χ1v) is 10.1. The number of benzene rings is 2. The number of rotatable bonds is 8. The van der Waals surface area contributed by atoms with Crippen LogP contribution in [-0.4, -0.2) is 41.8 Å². The molecule has 2 fully saturated rings. The third-order valence-electron chi connectivity index (χ3n) is 5.28. The Morgan fingerprint density at radius 2 is 1.84 bits per heavy atom. The van der Waals surface area contributed by atoms with Gasteiger partial charge in [-0.25, -0.2) is 4.79 Å². The van der Waals surface area contributed by atoms with Crippen molar-refractivity contribution < 1.29 is 24.0 Å². The molecule has 0 aromatic heterocycles. The summed E-state index contributed by atoms with van der Waals surface area (Å²) < 4.78 is 5.06. The number of carbonyl (C=O) groups excluding carboxylic acids is 3. The number of hydrogen-bond donors (Lipinski definition) is 1. The molecule has 160 valence electrons. The number of anilines is 2. The third-order valence-corrected chi connectivity index (χ3v) is 5.28. The summed E-state index contributed by atoms with van der Waals surface area (Å²) in [6, 6.07) is 10.8. The van der Waals surface area contributed by atoms with Gasteiger partial charge >= 0.3 is 5.97 Å². The second-order valence-electron chi connectivity index (χ2n) is 7.60. The van der Waals surface area contributed by atoms with Crippen LogP contribution in [0.2, 0.25) is 0 Å². The van der Waals surface area contributed by atoms with Gasteiger partial charge in [0.25, 0.3) is 5.69 Å². The molecule has 2 aromatic rings. The summed E-state index contributed by atoms with van der Waals surface area (Å²) >= 11 is 0. The molecule has 1 N–H and O–H groups in total. The zero-order valence-corrected chi connectivity index (χ0v) is 16.7. The number of nitro benzene ring substituents is 1. The molecule has 0 radical (unpaired) electrons. The number of carbonyl (C=O) groups is 3. The van der Waals surface area contributed by atoms with Gasteiger partial charge in [-0.05, 0) is 55.7 Å². The Hall–Kier alpha value is -3.75. The maximum atomic E-state index is 12.4. The van der Waals surface area contributed by atoms with E-state index in [0.29, 0.717) is 24.2 Å². The number of Topliss-reactive ketones (excluding diaryl/α,β-unsaturated/α-hetero) is 1. The number of nitro groups is 1. The summed E-state index contributed by atoms with van der Waals surface area (Å²) in [5, 5.41) is 14.4. The van der Waals surface area contributed by atoms with E-state index in [-0.39, 0.29) is 23.2 Å². The quantitative estimate of drug-likeness (QED) is 0.299. The summed E-state index contributed by atoms with van der Waals surface area (Å²) in [7, 11) is 0. The van der Waals surface area contributed by atoms with E-state index in [1.165, 1.54) is 12.1 Å². The number of amides is 1. The molecular formula is C22H21N3O6. The van der Waals surface area contributed by atoms with Gasteiger partial charge < -0.3 is 15.0 Å². The Balaban J connectivity index is 1.37. The zero-order valence-electron chi connectivity index (χ0n) is 16.7. The van der Waals surface area contributed by atoms with Crippen LogP contribution >= 0.6 is 0 Å². The Labute approximate surface area is 178 Å². The lowest BCUT2D eigenvalue weighted by molar-refractivity contribution is -0.384. The second-order valence-corrected chi connectivity index (χ2v) is 7.60. The molecule has 9 nitrogen and oxygen atoms in total. The molecule has 9 heteroatoms. The van der Waals surface area contributed by atoms with Crippen LogP contribution in [0.5, 0.6) is 0 Å². The number of ether oxygens (including phenoxy) is 1. The van der Waals surface area contributed by atoms with Gasteiger partial charge in [0, 0.05) is 36.3 Å². The molecule has 2 aromatic carbocycles. The highest BCUT2D eigenvalue weighted by molar-refractivity contribution is 6.00. The summed E-state index contributed by atoms with van der Waals surface area (Å²) in [5.41, 5.74) is 1.22. The van der Waals surface area contributed by atoms with Crippen LogP contribution in [0.25, 0.3) is 0 Å². The van der Waals surface area contributed by atoms with E-state index in [4.69, 9.17) is 4.74 Å². The lowest BCUT2D eigenvalue weighted by Crippen LogP contribution is -2.23. The number of esters is 1. The van der Waals surface area contributed by atoms with Crippen LogP contribution in [-0.2, 0) is 9.53 Å². The van der Waals surface area contributed by atoms with Gasteiger partial charge in [0.1, 0.15) is 5.69 Å². The molecule has 4 rings (SSSR count). The van der Waals surface area contributed by atoms with E-state index in [0.717, 1.165) is 31.0 Å². The van der Waals surface area contributed by atoms with Crippen molar-refractivity contribution in [2.75, 3.05) is 23.4 Å². The topological polar surface area (TPSA) is 119 Å². The number of nitrogens with zero attached hydrogens (tertiary/aromatic N) is 2. The Bertz CT molecular complexity index is 1050. The van der Waals surface area contributed by atoms with Crippen molar-refractivity contribution in [1.82, 2.24) is 0 Å². The number of hydrogen-bond acceptors (Lipinski definition) is 7. The average molecular weight is 423 g/mol. The van der Waals surface area contributed by atoms with Gasteiger partial charge in [0.15, 0.2) is 12.4 Å². The van der Waals surface area contributed by atoms with Crippen molar-refractivity contribution in [1.29, 1.82) is 0 Å². The lowest BCUT2D eigenvalue weighted by Gasteiger charge is -2.15. The first-order valence-electron chi connectivity index (χ1n) is 10.1. The molecule has 1 amide bonds. The molecule has 0 bridgehead atoms. The fourth-order valence-electron chi connectivity index (χ4n) is 3.43. The van der Waals surface area contributed by atoms with E-state index >= 15 is 0 Å². The van der Waals surface area contributed by atoms with Crippen molar-refractivity contribution in [2.24, 2.45) is 0 Å². The highest BCUT2D eigenvalue weighted by Crippen LogP contribution is 2.31.